The van der Waals surface area contributed by atoms with Crippen LogP contribution < -0.4 is 4.74 Å². The number of rotatable bonds is 6. The van der Waals surface area contributed by atoms with Crippen LogP contribution in [0.2, 0.25) is 0 Å². The van der Waals surface area contributed by atoms with Crippen LogP contribution in [-0.2, 0) is 4.74 Å². The lowest BCUT2D eigenvalue weighted by atomic mass is 10.2. The highest BCUT2D eigenvalue weighted by Gasteiger charge is 2.15. The maximum Gasteiger partial charge on any atom is 0.311 e. The van der Waals surface area contributed by atoms with Gasteiger partial charge in [0.1, 0.15) is 6.61 Å². The molecule has 0 N–H and O–H groups in total. The summed E-state index contributed by atoms with van der Waals surface area (Å²) in [7, 11) is 0. The Bertz CT molecular complexity index is 392. The van der Waals surface area contributed by atoms with Crippen molar-refractivity contribution < 1.29 is 14.4 Å². The number of aryl methyl sites for hydroxylation is 1. The van der Waals surface area contributed by atoms with Gasteiger partial charge in [-0.3, -0.25) is 10.1 Å². The molecule has 0 fully saturated rings. The molecule has 94 valence electrons. The minimum Gasteiger partial charge on any atom is -0.484 e. The number of ether oxygens (including phenoxy) is 2. The largest absolute Gasteiger partial charge is 0.484 e. The molecule has 1 unspecified atom stereocenters. The minimum atomic E-state index is -0.437. The molecule has 0 saturated heterocycles. The van der Waals surface area contributed by atoms with E-state index >= 15 is 0 Å². The van der Waals surface area contributed by atoms with Gasteiger partial charge in [-0.05, 0) is 32.4 Å². The van der Waals surface area contributed by atoms with Crippen LogP contribution in [0.5, 0.6) is 5.75 Å². The smallest absolute Gasteiger partial charge is 0.311 e. The predicted molar refractivity (Wildman–Crippen MR) is 64.4 cm³/mol. The van der Waals surface area contributed by atoms with Gasteiger partial charge in [0.25, 0.3) is 0 Å². The Balaban J connectivity index is 2.73. The number of nitro benzene ring substituents is 1. The first kappa shape index (κ1) is 13.4. The minimum absolute atomic E-state index is 0.00583. The fourth-order valence-corrected chi connectivity index (χ4v) is 1.43. The van der Waals surface area contributed by atoms with Crippen LogP contribution in [0.15, 0.2) is 18.2 Å². The van der Waals surface area contributed by atoms with Crippen LogP contribution >= 0.6 is 0 Å². The number of benzene rings is 1. The molecule has 0 amide bonds. The van der Waals surface area contributed by atoms with Gasteiger partial charge in [0.15, 0.2) is 5.75 Å². The van der Waals surface area contributed by atoms with Crippen LogP contribution in [0.25, 0.3) is 0 Å². The normalized spacial score (nSPS) is 12.2. The van der Waals surface area contributed by atoms with E-state index in [-0.39, 0.29) is 17.5 Å². The van der Waals surface area contributed by atoms with Gasteiger partial charge in [-0.2, -0.15) is 0 Å². The molecule has 0 saturated carbocycles. The zero-order valence-corrected chi connectivity index (χ0v) is 10.3. The molecule has 1 aromatic rings. The summed E-state index contributed by atoms with van der Waals surface area (Å²) in [6, 6.07) is 4.90. The zero-order chi connectivity index (χ0) is 12.8. The lowest BCUT2D eigenvalue weighted by Crippen LogP contribution is -2.18. The molecule has 5 nitrogen and oxygen atoms in total. The van der Waals surface area contributed by atoms with Crippen LogP contribution in [0.3, 0.4) is 0 Å². The first-order valence-electron chi connectivity index (χ1n) is 5.54. The van der Waals surface area contributed by atoms with Gasteiger partial charge in [0, 0.05) is 12.7 Å². The first-order valence-corrected chi connectivity index (χ1v) is 5.54. The second-order valence-corrected chi connectivity index (χ2v) is 3.81. The summed E-state index contributed by atoms with van der Waals surface area (Å²) in [5, 5.41) is 10.8. The highest BCUT2D eigenvalue weighted by atomic mass is 16.6. The molecule has 1 atom stereocenters. The van der Waals surface area contributed by atoms with Gasteiger partial charge in [-0.25, -0.2) is 0 Å². The third kappa shape index (κ3) is 4.03. The Hall–Kier alpha value is -1.62. The maximum atomic E-state index is 10.8. The van der Waals surface area contributed by atoms with Crippen LogP contribution in [0, 0.1) is 17.0 Å². The summed E-state index contributed by atoms with van der Waals surface area (Å²) in [4.78, 5) is 10.4. The summed E-state index contributed by atoms with van der Waals surface area (Å²) in [6.45, 7) is 6.46. The summed E-state index contributed by atoms with van der Waals surface area (Å²) in [6.07, 6.45) is -0.0825. The molecule has 0 aliphatic heterocycles. The van der Waals surface area contributed by atoms with Crippen LogP contribution in [-0.4, -0.2) is 24.2 Å². The monoisotopic (exact) mass is 239 g/mol. The molecule has 0 aliphatic carbocycles. The van der Waals surface area contributed by atoms with Gasteiger partial charge in [-0.1, -0.05) is 6.07 Å². The zero-order valence-electron chi connectivity index (χ0n) is 10.3. The van der Waals surface area contributed by atoms with Crippen molar-refractivity contribution in [3.63, 3.8) is 0 Å². The molecule has 0 heterocycles. The molecular weight excluding hydrogens is 222 g/mol. The molecule has 0 spiro atoms. The van der Waals surface area contributed by atoms with Crippen molar-refractivity contribution in [2.45, 2.75) is 26.9 Å². The third-order valence-corrected chi connectivity index (χ3v) is 2.24. The van der Waals surface area contributed by atoms with Crippen molar-refractivity contribution in [3.05, 3.63) is 33.9 Å². The van der Waals surface area contributed by atoms with E-state index in [1.54, 1.807) is 19.1 Å². The number of hydrogen-bond acceptors (Lipinski definition) is 4. The lowest BCUT2D eigenvalue weighted by Gasteiger charge is -2.13. The SMILES string of the molecule is CCOC(C)COc1ccc(C)cc1[N+](=O)[O-]. The van der Waals surface area contributed by atoms with Gasteiger partial charge in [0.2, 0.25) is 0 Å². The average Bonchev–Trinajstić information content (AvgIpc) is 2.27. The molecule has 17 heavy (non-hydrogen) atoms. The molecule has 1 rings (SSSR count). The van der Waals surface area contributed by atoms with Crippen molar-refractivity contribution in [1.82, 2.24) is 0 Å². The summed E-state index contributed by atoms with van der Waals surface area (Å²) in [5.74, 6) is 0.284. The van der Waals surface area contributed by atoms with Crippen molar-refractivity contribution in [2.24, 2.45) is 0 Å². The van der Waals surface area contributed by atoms with Gasteiger partial charge < -0.3 is 9.47 Å². The number of nitro groups is 1. The van der Waals surface area contributed by atoms with E-state index in [0.717, 1.165) is 5.56 Å². The standard InChI is InChI=1S/C12H17NO4/c1-4-16-10(3)8-17-12-6-5-9(2)7-11(12)13(14)15/h5-7,10H,4,8H2,1-3H3. The van der Waals surface area contributed by atoms with Gasteiger partial charge >= 0.3 is 5.69 Å². The van der Waals surface area contributed by atoms with Crippen molar-refractivity contribution in [2.75, 3.05) is 13.2 Å². The third-order valence-electron chi connectivity index (χ3n) is 2.24. The molecule has 0 bridgehead atoms. The highest BCUT2D eigenvalue weighted by molar-refractivity contribution is 5.48. The van der Waals surface area contributed by atoms with E-state index in [4.69, 9.17) is 9.47 Å². The Morgan fingerprint density at radius 3 is 2.76 bits per heavy atom. The topological polar surface area (TPSA) is 61.6 Å². The van der Waals surface area contributed by atoms with E-state index < -0.39 is 4.92 Å². The van der Waals surface area contributed by atoms with Gasteiger partial charge in [0.05, 0.1) is 11.0 Å². The van der Waals surface area contributed by atoms with Crippen molar-refractivity contribution >= 4 is 5.69 Å². The van der Waals surface area contributed by atoms with E-state index in [1.165, 1.54) is 6.07 Å². The first-order chi connectivity index (χ1) is 8.04. The summed E-state index contributed by atoms with van der Waals surface area (Å²) >= 11 is 0. The Morgan fingerprint density at radius 1 is 1.47 bits per heavy atom. The molecule has 0 aliphatic rings. The fourth-order valence-electron chi connectivity index (χ4n) is 1.43. The number of hydrogen-bond donors (Lipinski definition) is 0. The van der Waals surface area contributed by atoms with E-state index in [2.05, 4.69) is 0 Å². The quantitative estimate of drug-likeness (QED) is 0.565. The van der Waals surface area contributed by atoms with E-state index in [1.807, 2.05) is 13.8 Å². The Labute approximate surface area is 101 Å². The average molecular weight is 239 g/mol. The Kier molecular flexibility index (Phi) is 4.90. The van der Waals surface area contributed by atoms with Crippen LogP contribution in [0.4, 0.5) is 5.69 Å². The lowest BCUT2D eigenvalue weighted by molar-refractivity contribution is -0.386. The van der Waals surface area contributed by atoms with Crippen molar-refractivity contribution in [3.8, 4) is 5.75 Å². The predicted octanol–water partition coefficient (Wildman–Crippen LogP) is 2.71. The van der Waals surface area contributed by atoms with E-state index in [9.17, 15) is 10.1 Å². The molecule has 0 aromatic heterocycles. The molecule has 5 heteroatoms. The van der Waals surface area contributed by atoms with Crippen LogP contribution in [0.1, 0.15) is 19.4 Å². The Morgan fingerprint density at radius 2 is 2.18 bits per heavy atom. The maximum absolute atomic E-state index is 10.8. The molecule has 1 aromatic carbocycles. The van der Waals surface area contributed by atoms with Crippen molar-refractivity contribution in [1.29, 1.82) is 0 Å². The fraction of sp³-hybridized carbons (Fsp3) is 0.500. The van der Waals surface area contributed by atoms with Gasteiger partial charge in [-0.15, -0.1) is 0 Å². The second kappa shape index (κ2) is 6.20. The summed E-state index contributed by atoms with van der Waals surface area (Å²) < 4.78 is 10.7. The highest BCUT2D eigenvalue weighted by Crippen LogP contribution is 2.27. The number of nitrogens with zero attached hydrogens (tertiary/aromatic N) is 1. The second-order valence-electron chi connectivity index (χ2n) is 3.81. The molecule has 0 radical (unpaired) electrons. The van der Waals surface area contributed by atoms with E-state index in [0.29, 0.717) is 13.2 Å². The molecular formula is C12H17NO4. The summed E-state index contributed by atoms with van der Waals surface area (Å²) in [5.41, 5.74) is 0.829.